The van der Waals surface area contributed by atoms with E-state index in [-0.39, 0.29) is 5.56 Å². The molecule has 0 atom stereocenters. The van der Waals surface area contributed by atoms with Crippen molar-refractivity contribution in [3.8, 4) is 0 Å². The first-order valence-corrected chi connectivity index (χ1v) is 8.02. The standard InChI is InChI=1S/C14H20N4O2S/c1-4-6-8-18-10-11(15-14(18)21-9-7-5-2)17(3)13(20)16-12(10)19/h4,6H,5,7-9H2,1-3H3,(H,16,19,20). The van der Waals surface area contributed by atoms with Gasteiger partial charge in [-0.05, 0) is 13.3 Å². The number of hydrogen-bond acceptors (Lipinski definition) is 4. The van der Waals surface area contributed by atoms with Crippen LogP contribution in [0.5, 0.6) is 0 Å². The summed E-state index contributed by atoms with van der Waals surface area (Å²) in [5.41, 5.74) is 0.0715. The second-order valence-electron chi connectivity index (χ2n) is 4.77. The van der Waals surface area contributed by atoms with Crippen LogP contribution in [0, 0.1) is 0 Å². The quantitative estimate of drug-likeness (QED) is 0.502. The van der Waals surface area contributed by atoms with Crippen LogP contribution in [-0.2, 0) is 13.6 Å². The third-order valence-corrected chi connectivity index (χ3v) is 4.29. The first kappa shape index (κ1) is 15.6. The fourth-order valence-electron chi connectivity index (χ4n) is 2.01. The first-order chi connectivity index (χ1) is 10.1. The number of aryl methyl sites for hydroxylation is 1. The Labute approximate surface area is 126 Å². The summed E-state index contributed by atoms with van der Waals surface area (Å²) in [5.74, 6) is 0.946. The molecule has 2 aromatic heterocycles. The van der Waals surface area contributed by atoms with Gasteiger partial charge in [-0.15, -0.1) is 0 Å². The molecule has 2 rings (SSSR count). The normalized spacial score (nSPS) is 11.8. The van der Waals surface area contributed by atoms with E-state index in [0.29, 0.717) is 17.7 Å². The van der Waals surface area contributed by atoms with Crippen molar-refractivity contribution in [2.24, 2.45) is 7.05 Å². The number of imidazole rings is 1. The molecule has 0 bridgehead atoms. The van der Waals surface area contributed by atoms with Crippen LogP contribution >= 0.6 is 11.8 Å². The molecule has 0 radical (unpaired) electrons. The minimum atomic E-state index is -0.437. The van der Waals surface area contributed by atoms with E-state index < -0.39 is 5.69 Å². The highest BCUT2D eigenvalue weighted by Gasteiger charge is 2.16. The third-order valence-electron chi connectivity index (χ3n) is 3.22. The lowest BCUT2D eigenvalue weighted by molar-refractivity contribution is 0.742. The van der Waals surface area contributed by atoms with Gasteiger partial charge in [0.1, 0.15) is 0 Å². The Bertz CT molecular complexity index is 770. The summed E-state index contributed by atoms with van der Waals surface area (Å²) in [6.45, 7) is 4.64. The number of nitrogens with one attached hydrogen (secondary N) is 1. The smallest absolute Gasteiger partial charge is 0.309 e. The van der Waals surface area contributed by atoms with Gasteiger partial charge in [0, 0.05) is 19.3 Å². The molecule has 1 N–H and O–H groups in total. The van der Waals surface area contributed by atoms with Gasteiger partial charge >= 0.3 is 5.69 Å². The molecule has 0 aromatic carbocycles. The molecule has 0 saturated heterocycles. The molecular weight excluding hydrogens is 288 g/mol. The fourth-order valence-corrected chi connectivity index (χ4v) is 3.10. The molecule has 0 amide bonds. The van der Waals surface area contributed by atoms with Gasteiger partial charge in [-0.25, -0.2) is 9.78 Å². The van der Waals surface area contributed by atoms with Gasteiger partial charge in [-0.1, -0.05) is 37.3 Å². The molecule has 21 heavy (non-hydrogen) atoms. The molecule has 6 nitrogen and oxygen atoms in total. The predicted octanol–water partition coefficient (Wildman–Crippen LogP) is 1.89. The van der Waals surface area contributed by atoms with E-state index in [2.05, 4.69) is 16.9 Å². The Kier molecular flexibility index (Phi) is 5.06. The second kappa shape index (κ2) is 6.80. The van der Waals surface area contributed by atoms with E-state index in [0.717, 1.165) is 23.8 Å². The van der Waals surface area contributed by atoms with Crippen LogP contribution in [0.1, 0.15) is 26.7 Å². The Hall–Kier alpha value is -1.76. The van der Waals surface area contributed by atoms with Crippen LogP contribution in [-0.4, -0.2) is 24.9 Å². The molecule has 2 heterocycles. The molecule has 114 valence electrons. The summed E-state index contributed by atoms with van der Waals surface area (Å²) >= 11 is 1.62. The Morgan fingerprint density at radius 2 is 2.14 bits per heavy atom. The van der Waals surface area contributed by atoms with E-state index >= 15 is 0 Å². The number of aromatic amines is 1. The van der Waals surface area contributed by atoms with Gasteiger partial charge in [0.15, 0.2) is 16.3 Å². The lowest BCUT2D eigenvalue weighted by atomic mass is 10.4. The monoisotopic (exact) mass is 308 g/mol. The number of thioether (sulfide) groups is 1. The highest BCUT2D eigenvalue weighted by Crippen LogP contribution is 2.22. The number of unbranched alkanes of at least 4 members (excludes halogenated alkanes) is 1. The summed E-state index contributed by atoms with van der Waals surface area (Å²) in [5, 5.41) is 0.781. The van der Waals surface area contributed by atoms with E-state index in [1.807, 2.05) is 23.6 Å². The molecule has 0 aliphatic carbocycles. The maximum absolute atomic E-state index is 12.1. The van der Waals surface area contributed by atoms with Crippen LogP contribution in [0.25, 0.3) is 11.2 Å². The van der Waals surface area contributed by atoms with Crippen molar-refractivity contribution in [1.82, 2.24) is 19.1 Å². The minimum Gasteiger partial charge on any atom is -0.309 e. The van der Waals surface area contributed by atoms with Crippen molar-refractivity contribution in [3.63, 3.8) is 0 Å². The molecular formula is C14H20N4O2S. The summed E-state index contributed by atoms with van der Waals surface area (Å²) in [4.78, 5) is 30.6. The molecule has 0 saturated carbocycles. The SMILES string of the molecule is CC=CCn1c(SCCCC)nc2c1c(=O)[nH]c(=O)n2C. The van der Waals surface area contributed by atoms with E-state index in [9.17, 15) is 9.59 Å². The zero-order valence-corrected chi connectivity index (χ0v) is 13.4. The van der Waals surface area contributed by atoms with Gasteiger partial charge in [0.25, 0.3) is 5.56 Å². The Morgan fingerprint density at radius 3 is 2.81 bits per heavy atom. The molecule has 0 fully saturated rings. The highest BCUT2D eigenvalue weighted by molar-refractivity contribution is 7.99. The molecule has 0 unspecified atom stereocenters. The topological polar surface area (TPSA) is 72.7 Å². The number of nitrogens with zero attached hydrogens (tertiary/aromatic N) is 3. The predicted molar refractivity (Wildman–Crippen MR) is 86.0 cm³/mol. The zero-order chi connectivity index (χ0) is 15.4. The van der Waals surface area contributed by atoms with Crippen molar-refractivity contribution < 1.29 is 0 Å². The number of aromatic nitrogens is 4. The van der Waals surface area contributed by atoms with Crippen molar-refractivity contribution >= 4 is 22.9 Å². The summed E-state index contributed by atoms with van der Waals surface area (Å²) < 4.78 is 3.25. The number of fused-ring (bicyclic) bond motifs is 1. The van der Waals surface area contributed by atoms with Gasteiger partial charge in [0.2, 0.25) is 0 Å². The molecule has 2 aromatic rings. The number of hydrogen-bond donors (Lipinski definition) is 1. The lowest BCUT2D eigenvalue weighted by Gasteiger charge is -2.05. The van der Waals surface area contributed by atoms with Crippen LogP contribution < -0.4 is 11.2 Å². The summed E-state index contributed by atoms with van der Waals surface area (Å²) in [7, 11) is 1.62. The fraction of sp³-hybridized carbons (Fsp3) is 0.500. The van der Waals surface area contributed by atoms with Gasteiger partial charge in [-0.3, -0.25) is 14.3 Å². The van der Waals surface area contributed by atoms with E-state index in [1.54, 1.807) is 18.8 Å². The average molecular weight is 308 g/mol. The molecule has 0 aliphatic heterocycles. The average Bonchev–Trinajstić information content (AvgIpc) is 2.82. The summed E-state index contributed by atoms with van der Waals surface area (Å²) in [6.07, 6.45) is 6.10. The maximum atomic E-state index is 12.1. The third kappa shape index (κ3) is 3.12. The summed E-state index contributed by atoms with van der Waals surface area (Å²) in [6, 6.07) is 0. The van der Waals surface area contributed by atoms with E-state index in [1.165, 1.54) is 4.57 Å². The van der Waals surface area contributed by atoms with E-state index in [4.69, 9.17) is 0 Å². The van der Waals surface area contributed by atoms with Gasteiger partial charge < -0.3 is 4.57 Å². The van der Waals surface area contributed by atoms with Crippen molar-refractivity contribution in [1.29, 1.82) is 0 Å². The minimum absolute atomic E-state index is 0.382. The zero-order valence-electron chi connectivity index (χ0n) is 12.5. The second-order valence-corrected chi connectivity index (χ2v) is 5.83. The highest BCUT2D eigenvalue weighted by atomic mass is 32.2. The Balaban J connectivity index is 2.61. The van der Waals surface area contributed by atoms with Crippen molar-refractivity contribution in [3.05, 3.63) is 33.0 Å². The number of allylic oxidation sites excluding steroid dienone is 2. The number of rotatable bonds is 6. The molecule has 0 spiro atoms. The molecule has 7 heteroatoms. The van der Waals surface area contributed by atoms with Crippen LogP contribution in [0.4, 0.5) is 0 Å². The maximum Gasteiger partial charge on any atom is 0.329 e. The Morgan fingerprint density at radius 1 is 1.38 bits per heavy atom. The number of H-pyrrole nitrogens is 1. The molecule has 0 aliphatic rings. The van der Waals surface area contributed by atoms with Gasteiger partial charge in [-0.2, -0.15) is 0 Å². The van der Waals surface area contributed by atoms with Crippen molar-refractivity contribution in [2.75, 3.05) is 5.75 Å². The van der Waals surface area contributed by atoms with Crippen LogP contribution in [0.15, 0.2) is 26.9 Å². The first-order valence-electron chi connectivity index (χ1n) is 7.03. The van der Waals surface area contributed by atoms with Crippen LogP contribution in [0.2, 0.25) is 0 Å². The lowest BCUT2D eigenvalue weighted by Crippen LogP contribution is -2.29. The largest absolute Gasteiger partial charge is 0.329 e. The van der Waals surface area contributed by atoms with Crippen molar-refractivity contribution in [2.45, 2.75) is 38.4 Å². The van der Waals surface area contributed by atoms with Gasteiger partial charge in [0.05, 0.1) is 0 Å². The van der Waals surface area contributed by atoms with Crippen LogP contribution in [0.3, 0.4) is 0 Å².